The first-order valence-electron chi connectivity index (χ1n) is 4.40. The van der Waals surface area contributed by atoms with Gasteiger partial charge in [0.05, 0.1) is 0 Å². The second kappa shape index (κ2) is 3.14. The number of quaternary nitrogens is 1. The molecule has 0 aromatic heterocycles. The summed E-state index contributed by atoms with van der Waals surface area (Å²) >= 11 is 0. The van der Waals surface area contributed by atoms with Crippen LogP contribution in [0.2, 0.25) is 0 Å². The lowest BCUT2D eigenvalue weighted by atomic mass is 10.2. The number of nitrogens with zero attached hydrogens (tertiary/aromatic N) is 1. The number of hydrogen-bond donors (Lipinski definition) is 2. The van der Waals surface area contributed by atoms with E-state index in [0.717, 1.165) is 0 Å². The van der Waals surface area contributed by atoms with Crippen LogP contribution in [0.3, 0.4) is 0 Å². The molecule has 2 amide bonds. The van der Waals surface area contributed by atoms with Crippen LogP contribution in [0.1, 0.15) is 5.56 Å². The van der Waals surface area contributed by atoms with Gasteiger partial charge in [0.1, 0.15) is 6.20 Å². The summed E-state index contributed by atoms with van der Waals surface area (Å²) in [5.41, 5.74) is 6.01. The zero-order valence-electron chi connectivity index (χ0n) is 8.20. The standard InChI is InChI=1S/C9H9N3O3S/c10-9(13)12(16(11,14)15)6-5-7-3-1-2-4-8(7)12/h1-6H,(H3-,10,11,13,14,15)/p+1/t12-/m0/s1. The van der Waals surface area contributed by atoms with Gasteiger partial charge < -0.3 is 5.73 Å². The molecule has 1 atom stereocenters. The highest BCUT2D eigenvalue weighted by atomic mass is 32.2. The van der Waals surface area contributed by atoms with E-state index in [1.165, 1.54) is 18.3 Å². The predicted octanol–water partition coefficient (Wildman–Crippen LogP) is 0.260. The molecule has 2 rings (SSSR count). The van der Waals surface area contributed by atoms with Gasteiger partial charge in [0.2, 0.25) is 0 Å². The van der Waals surface area contributed by atoms with E-state index in [2.05, 4.69) is 0 Å². The van der Waals surface area contributed by atoms with Crippen LogP contribution in [-0.4, -0.2) is 14.4 Å². The first-order chi connectivity index (χ1) is 7.39. The fourth-order valence-electron chi connectivity index (χ4n) is 1.74. The minimum Gasteiger partial charge on any atom is -0.317 e. The number of hydrogen-bond acceptors (Lipinski definition) is 3. The van der Waals surface area contributed by atoms with E-state index in [9.17, 15) is 13.2 Å². The van der Waals surface area contributed by atoms with Gasteiger partial charge in [0.15, 0.2) is 5.69 Å². The van der Waals surface area contributed by atoms with Crippen molar-refractivity contribution in [2.45, 2.75) is 0 Å². The van der Waals surface area contributed by atoms with Crippen molar-refractivity contribution in [1.82, 2.24) is 3.89 Å². The summed E-state index contributed by atoms with van der Waals surface area (Å²) in [7, 11) is -4.20. The molecule has 7 heteroatoms. The molecular formula is C9H10N3O3S+. The zero-order chi connectivity index (χ0) is 12.0. The van der Waals surface area contributed by atoms with Crippen LogP contribution >= 0.6 is 0 Å². The number of amides is 2. The SMILES string of the molecule is NC(=O)[N@+]1(S(N)(=O)=O)C=Cc2ccccc21. The number of carbonyl (C=O) groups excluding carboxylic acids is 1. The molecule has 0 radical (unpaired) electrons. The normalized spacial score (nSPS) is 23.1. The molecule has 0 aliphatic carbocycles. The number of para-hydroxylation sites is 1. The molecule has 0 saturated heterocycles. The van der Waals surface area contributed by atoms with E-state index in [-0.39, 0.29) is 5.69 Å². The summed E-state index contributed by atoms with van der Waals surface area (Å²) in [6, 6.07) is 5.48. The Hall–Kier alpha value is -1.70. The van der Waals surface area contributed by atoms with E-state index in [0.29, 0.717) is 5.56 Å². The third kappa shape index (κ3) is 1.19. The number of rotatable bonds is 1. The summed E-state index contributed by atoms with van der Waals surface area (Å²) in [6.45, 7) is 0. The molecule has 1 aromatic carbocycles. The number of urea groups is 1. The van der Waals surface area contributed by atoms with Crippen LogP contribution in [0, 0.1) is 0 Å². The highest BCUT2D eigenvalue weighted by Crippen LogP contribution is 2.37. The molecule has 84 valence electrons. The van der Waals surface area contributed by atoms with Gasteiger partial charge in [-0.2, -0.15) is 13.6 Å². The second-order valence-corrected chi connectivity index (χ2v) is 4.99. The first-order valence-corrected chi connectivity index (χ1v) is 5.90. The number of carbonyl (C=O) groups is 1. The van der Waals surface area contributed by atoms with E-state index < -0.39 is 20.1 Å². The predicted molar refractivity (Wildman–Crippen MR) is 60.0 cm³/mol. The third-order valence-corrected chi connectivity index (χ3v) is 3.79. The Morgan fingerprint density at radius 2 is 1.88 bits per heavy atom. The number of benzene rings is 1. The zero-order valence-corrected chi connectivity index (χ0v) is 9.02. The van der Waals surface area contributed by atoms with E-state index in [1.807, 2.05) is 0 Å². The lowest BCUT2D eigenvalue weighted by molar-refractivity contribution is 0.240. The average molecular weight is 240 g/mol. The maximum Gasteiger partial charge on any atom is 0.440 e. The van der Waals surface area contributed by atoms with Gasteiger partial charge in [-0.1, -0.05) is 16.0 Å². The lowest BCUT2D eigenvalue weighted by Crippen LogP contribution is -2.58. The highest BCUT2D eigenvalue weighted by molar-refractivity contribution is 7.89. The maximum absolute atomic E-state index is 11.6. The molecule has 0 fully saturated rings. The second-order valence-electron chi connectivity index (χ2n) is 3.39. The molecule has 1 heterocycles. The van der Waals surface area contributed by atoms with Crippen LogP contribution in [0.25, 0.3) is 6.08 Å². The molecule has 0 saturated carbocycles. The fourth-order valence-corrected chi connectivity index (χ4v) is 2.66. The van der Waals surface area contributed by atoms with Crippen molar-refractivity contribution in [3.05, 3.63) is 36.0 Å². The average Bonchev–Trinajstić information content (AvgIpc) is 2.56. The molecule has 16 heavy (non-hydrogen) atoms. The Kier molecular flexibility index (Phi) is 2.12. The number of primary amides is 1. The van der Waals surface area contributed by atoms with Crippen molar-refractivity contribution in [1.29, 1.82) is 0 Å². The molecular weight excluding hydrogens is 230 g/mol. The van der Waals surface area contributed by atoms with Gasteiger partial charge >= 0.3 is 16.2 Å². The molecule has 1 aliphatic rings. The number of nitrogens with two attached hydrogens (primary N) is 2. The summed E-state index contributed by atoms with van der Waals surface area (Å²) in [4.78, 5) is 11.4. The summed E-state index contributed by atoms with van der Waals surface area (Å²) in [5.74, 6) is 0. The molecule has 0 bridgehead atoms. The highest BCUT2D eigenvalue weighted by Gasteiger charge is 2.50. The molecule has 1 aromatic rings. The van der Waals surface area contributed by atoms with Crippen LogP contribution in [0.15, 0.2) is 30.5 Å². The topological polar surface area (TPSA) is 103 Å². The van der Waals surface area contributed by atoms with Crippen LogP contribution in [-0.2, 0) is 10.2 Å². The molecule has 4 N–H and O–H groups in total. The maximum atomic E-state index is 11.6. The van der Waals surface area contributed by atoms with E-state index >= 15 is 0 Å². The van der Waals surface area contributed by atoms with Crippen LogP contribution in [0.5, 0.6) is 0 Å². The van der Waals surface area contributed by atoms with Gasteiger partial charge in [0, 0.05) is 17.7 Å². The van der Waals surface area contributed by atoms with E-state index in [1.54, 1.807) is 18.2 Å². The van der Waals surface area contributed by atoms with Gasteiger partial charge in [-0.15, -0.1) is 0 Å². The van der Waals surface area contributed by atoms with Gasteiger partial charge in [-0.05, 0) is 6.07 Å². The smallest absolute Gasteiger partial charge is 0.317 e. The molecule has 1 aliphatic heterocycles. The molecule has 6 nitrogen and oxygen atoms in total. The van der Waals surface area contributed by atoms with Crippen molar-refractivity contribution < 1.29 is 13.2 Å². The first kappa shape index (κ1) is 10.8. The van der Waals surface area contributed by atoms with Gasteiger partial charge in [0.25, 0.3) is 0 Å². The molecule has 0 spiro atoms. The van der Waals surface area contributed by atoms with Crippen LogP contribution < -0.4 is 14.8 Å². The van der Waals surface area contributed by atoms with Crippen molar-refractivity contribution in [3.63, 3.8) is 0 Å². The van der Waals surface area contributed by atoms with Gasteiger partial charge in [-0.25, -0.2) is 4.79 Å². The Labute approximate surface area is 92.5 Å². The fraction of sp³-hybridized carbons (Fsp3) is 0. The largest absolute Gasteiger partial charge is 0.440 e. The third-order valence-electron chi connectivity index (χ3n) is 2.49. The quantitative estimate of drug-likeness (QED) is 0.688. The Morgan fingerprint density at radius 1 is 1.25 bits per heavy atom. The molecule has 0 unspecified atom stereocenters. The van der Waals surface area contributed by atoms with Crippen molar-refractivity contribution in [2.24, 2.45) is 10.9 Å². The Balaban J connectivity index is 2.81. The van der Waals surface area contributed by atoms with Gasteiger partial charge in [-0.3, -0.25) is 0 Å². The minimum absolute atomic E-state index is 0.248. The summed E-state index contributed by atoms with van der Waals surface area (Å²) in [5, 5.41) is 5.08. The summed E-state index contributed by atoms with van der Waals surface area (Å²) in [6.07, 6.45) is 2.67. The number of fused-ring (bicyclic) bond motifs is 1. The summed E-state index contributed by atoms with van der Waals surface area (Å²) < 4.78 is 22.0. The Bertz CT molecular complexity index is 594. The van der Waals surface area contributed by atoms with E-state index in [4.69, 9.17) is 10.9 Å². The van der Waals surface area contributed by atoms with Crippen LogP contribution in [0.4, 0.5) is 10.5 Å². The lowest BCUT2D eigenvalue weighted by Gasteiger charge is -2.23. The van der Waals surface area contributed by atoms with Crippen molar-refractivity contribution >= 4 is 28.0 Å². The van der Waals surface area contributed by atoms with Crippen molar-refractivity contribution in [3.8, 4) is 0 Å². The minimum atomic E-state index is -4.20. The van der Waals surface area contributed by atoms with Crippen molar-refractivity contribution in [2.75, 3.05) is 0 Å². The monoisotopic (exact) mass is 240 g/mol. The Morgan fingerprint density at radius 3 is 2.44 bits per heavy atom.